The molecule has 0 aliphatic carbocycles. The number of hydrogen-bond acceptors (Lipinski definition) is 4. The number of methoxy groups -OCH3 is 1. The number of rotatable bonds is 6. The molecule has 0 amide bonds. The van der Waals surface area contributed by atoms with E-state index in [9.17, 15) is 0 Å². The minimum absolute atomic E-state index is 0.747. The zero-order chi connectivity index (χ0) is 24.9. The van der Waals surface area contributed by atoms with Gasteiger partial charge < -0.3 is 9.64 Å². The molecule has 4 aromatic rings. The van der Waals surface area contributed by atoms with Gasteiger partial charge in [-0.3, -0.25) is 4.99 Å². The Bertz CT molecular complexity index is 1430. The standard InChI is InChI=1S/C31H27ClN2OS/c1-34-19-18-33-29(28-16-10-24(21-30(28)34)23-7-5-8-26(20-23)35-2)17-11-22-6-3-4-9-31(22)36-27-14-12-25(32)13-15-27/h3-17,20-21H,18-19H2,1-2H3/b17-11+. The maximum absolute atomic E-state index is 6.06. The van der Waals surface area contributed by atoms with E-state index >= 15 is 0 Å². The van der Waals surface area contributed by atoms with Gasteiger partial charge in [0.1, 0.15) is 5.75 Å². The first-order valence-corrected chi connectivity index (χ1v) is 13.0. The Kier molecular flexibility index (Phi) is 7.45. The summed E-state index contributed by atoms with van der Waals surface area (Å²) in [6.07, 6.45) is 4.31. The van der Waals surface area contributed by atoms with Gasteiger partial charge >= 0.3 is 0 Å². The molecule has 0 radical (unpaired) electrons. The van der Waals surface area contributed by atoms with Gasteiger partial charge in [0.15, 0.2) is 0 Å². The molecule has 3 nitrogen and oxygen atoms in total. The number of allylic oxidation sites excluding steroid dienone is 1. The predicted octanol–water partition coefficient (Wildman–Crippen LogP) is 8.12. The minimum Gasteiger partial charge on any atom is -0.497 e. The number of benzodiazepines with no additional fused rings is 1. The van der Waals surface area contributed by atoms with Crippen molar-refractivity contribution in [3.05, 3.63) is 113 Å². The van der Waals surface area contributed by atoms with Gasteiger partial charge in [0.2, 0.25) is 0 Å². The van der Waals surface area contributed by atoms with E-state index in [0.29, 0.717) is 0 Å². The Morgan fingerprint density at radius 2 is 1.69 bits per heavy atom. The van der Waals surface area contributed by atoms with Crippen molar-refractivity contribution in [2.45, 2.75) is 9.79 Å². The Morgan fingerprint density at radius 3 is 2.53 bits per heavy atom. The van der Waals surface area contributed by atoms with Crippen LogP contribution in [-0.4, -0.2) is 33.0 Å². The number of halogens is 1. The Hall–Kier alpha value is -3.47. The Balaban J connectivity index is 1.45. The van der Waals surface area contributed by atoms with Crippen molar-refractivity contribution in [2.75, 3.05) is 32.1 Å². The number of aliphatic imine (C=N–C) groups is 1. The van der Waals surface area contributed by atoms with Crippen molar-refractivity contribution in [1.29, 1.82) is 0 Å². The molecule has 0 N–H and O–H groups in total. The van der Waals surface area contributed by atoms with Crippen molar-refractivity contribution < 1.29 is 4.74 Å². The first kappa shape index (κ1) is 24.2. The molecule has 0 atom stereocenters. The largest absolute Gasteiger partial charge is 0.497 e. The fraction of sp³-hybridized carbons (Fsp3) is 0.129. The summed E-state index contributed by atoms with van der Waals surface area (Å²) in [5.41, 5.74) is 6.78. The highest BCUT2D eigenvalue weighted by Gasteiger charge is 2.16. The number of anilines is 1. The molecule has 180 valence electrons. The fourth-order valence-electron chi connectivity index (χ4n) is 4.22. The molecule has 0 spiro atoms. The molecule has 1 heterocycles. The van der Waals surface area contributed by atoms with Crippen LogP contribution in [0.1, 0.15) is 11.1 Å². The number of hydrogen-bond donors (Lipinski definition) is 0. The summed E-state index contributed by atoms with van der Waals surface area (Å²) in [6.45, 7) is 1.62. The highest BCUT2D eigenvalue weighted by atomic mass is 35.5. The third-order valence-electron chi connectivity index (χ3n) is 6.19. The molecule has 4 aromatic carbocycles. The maximum atomic E-state index is 6.06. The molecular weight excluding hydrogens is 484 g/mol. The summed E-state index contributed by atoms with van der Waals surface area (Å²) < 4.78 is 5.43. The highest BCUT2D eigenvalue weighted by Crippen LogP contribution is 2.33. The summed E-state index contributed by atoms with van der Waals surface area (Å²) in [7, 11) is 3.83. The summed E-state index contributed by atoms with van der Waals surface area (Å²) >= 11 is 7.80. The van der Waals surface area contributed by atoms with Crippen molar-refractivity contribution in [3.8, 4) is 16.9 Å². The van der Waals surface area contributed by atoms with Gasteiger partial charge in [-0.1, -0.05) is 71.9 Å². The lowest BCUT2D eigenvalue weighted by molar-refractivity contribution is 0.415. The van der Waals surface area contributed by atoms with E-state index in [1.165, 1.54) is 10.6 Å². The molecular formula is C31H27ClN2OS. The van der Waals surface area contributed by atoms with Crippen LogP contribution in [0.15, 0.2) is 112 Å². The maximum Gasteiger partial charge on any atom is 0.119 e. The lowest BCUT2D eigenvalue weighted by Crippen LogP contribution is -2.20. The van der Waals surface area contributed by atoms with Crippen LogP contribution in [0.5, 0.6) is 5.75 Å². The van der Waals surface area contributed by atoms with Gasteiger partial charge in [0.25, 0.3) is 0 Å². The topological polar surface area (TPSA) is 24.8 Å². The number of ether oxygens (including phenoxy) is 1. The molecule has 1 aliphatic heterocycles. The predicted molar refractivity (Wildman–Crippen MR) is 154 cm³/mol. The molecule has 0 aromatic heterocycles. The van der Waals surface area contributed by atoms with Gasteiger partial charge in [-0.05, 0) is 71.3 Å². The monoisotopic (exact) mass is 510 g/mol. The first-order chi connectivity index (χ1) is 17.6. The molecule has 5 heteroatoms. The van der Waals surface area contributed by atoms with Crippen LogP contribution in [0.4, 0.5) is 5.69 Å². The zero-order valence-electron chi connectivity index (χ0n) is 20.3. The van der Waals surface area contributed by atoms with E-state index < -0.39 is 0 Å². The molecule has 0 fully saturated rings. The number of likely N-dealkylation sites (N-methyl/N-ethyl adjacent to an activating group) is 1. The number of nitrogens with zero attached hydrogens (tertiary/aromatic N) is 2. The Morgan fingerprint density at radius 1 is 0.889 bits per heavy atom. The van der Waals surface area contributed by atoms with Crippen molar-refractivity contribution in [1.82, 2.24) is 0 Å². The van der Waals surface area contributed by atoms with Gasteiger partial charge in [-0.15, -0.1) is 0 Å². The van der Waals surface area contributed by atoms with Crippen LogP contribution in [0.25, 0.3) is 17.2 Å². The van der Waals surface area contributed by atoms with Crippen LogP contribution in [0.2, 0.25) is 5.02 Å². The molecule has 1 aliphatic rings. The molecule has 0 bridgehead atoms. The molecule has 0 saturated carbocycles. The van der Waals surface area contributed by atoms with E-state index in [1.807, 2.05) is 24.3 Å². The van der Waals surface area contributed by atoms with E-state index in [2.05, 4.69) is 90.8 Å². The average Bonchev–Trinajstić information content (AvgIpc) is 3.07. The van der Waals surface area contributed by atoms with Gasteiger partial charge in [-0.2, -0.15) is 0 Å². The van der Waals surface area contributed by atoms with E-state index in [0.717, 1.165) is 56.7 Å². The van der Waals surface area contributed by atoms with E-state index in [1.54, 1.807) is 18.9 Å². The van der Waals surface area contributed by atoms with Crippen molar-refractivity contribution >= 4 is 40.8 Å². The van der Waals surface area contributed by atoms with E-state index in [4.69, 9.17) is 21.3 Å². The zero-order valence-corrected chi connectivity index (χ0v) is 21.9. The third-order valence-corrected chi connectivity index (χ3v) is 7.54. The molecule has 0 unspecified atom stereocenters. The number of benzene rings is 4. The van der Waals surface area contributed by atoms with Gasteiger partial charge in [0, 0.05) is 39.7 Å². The first-order valence-electron chi connectivity index (χ1n) is 11.9. The average molecular weight is 511 g/mol. The second kappa shape index (κ2) is 11.1. The van der Waals surface area contributed by atoms with E-state index in [-0.39, 0.29) is 0 Å². The summed E-state index contributed by atoms with van der Waals surface area (Å²) in [4.78, 5) is 9.56. The third kappa shape index (κ3) is 5.51. The SMILES string of the molecule is COc1cccc(-c2ccc3c(c2)N(C)CCN=C3/C=C/c2ccccc2Sc2ccc(Cl)cc2)c1. The van der Waals surface area contributed by atoms with Gasteiger partial charge in [-0.25, -0.2) is 0 Å². The lowest BCUT2D eigenvalue weighted by Gasteiger charge is -2.20. The van der Waals surface area contributed by atoms with Crippen LogP contribution in [0.3, 0.4) is 0 Å². The lowest BCUT2D eigenvalue weighted by atomic mass is 9.99. The van der Waals surface area contributed by atoms with Crippen molar-refractivity contribution in [3.63, 3.8) is 0 Å². The summed E-state index contributed by atoms with van der Waals surface area (Å²) in [5.74, 6) is 0.858. The van der Waals surface area contributed by atoms with Crippen molar-refractivity contribution in [2.24, 2.45) is 4.99 Å². The second-order valence-corrected chi connectivity index (χ2v) is 10.1. The normalized spacial score (nSPS) is 13.3. The highest BCUT2D eigenvalue weighted by molar-refractivity contribution is 7.99. The van der Waals surface area contributed by atoms with Gasteiger partial charge in [0.05, 0.1) is 19.4 Å². The summed E-state index contributed by atoms with van der Waals surface area (Å²) in [6, 6.07) is 31.2. The van der Waals surface area contributed by atoms with Crippen LogP contribution in [0, 0.1) is 0 Å². The van der Waals surface area contributed by atoms with Crippen LogP contribution >= 0.6 is 23.4 Å². The summed E-state index contributed by atoms with van der Waals surface area (Å²) in [5, 5.41) is 0.747. The fourth-order valence-corrected chi connectivity index (χ4v) is 5.28. The number of fused-ring (bicyclic) bond motifs is 1. The second-order valence-electron chi connectivity index (χ2n) is 8.58. The van der Waals surface area contributed by atoms with Crippen LogP contribution in [-0.2, 0) is 0 Å². The minimum atomic E-state index is 0.747. The Labute approximate surface area is 222 Å². The van der Waals surface area contributed by atoms with Crippen LogP contribution < -0.4 is 9.64 Å². The smallest absolute Gasteiger partial charge is 0.119 e. The molecule has 0 saturated heterocycles. The quantitative estimate of drug-likeness (QED) is 0.262. The molecule has 5 rings (SSSR count). The molecule has 36 heavy (non-hydrogen) atoms.